The molecule has 2 rings (SSSR count). The number of halogens is 2. The molecule has 0 atom stereocenters. The molecule has 7 heteroatoms. The lowest BCUT2D eigenvalue weighted by molar-refractivity contribution is 0.0965. The normalized spacial score (nSPS) is 10.3. The first kappa shape index (κ1) is 16.3. The number of benzene rings is 1. The second-order valence-electron chi connectivity index (χ2n) is 4.43. The van der Waals surface area contributed by atoms with Gasteiger partial charge in [-0.3, -0.25) is 9.59 Å². The van der Waals surface area contributed by atoms with E-state index >= 15 is 0 Å². The Morgan fingerprint density at radius 1 is 1.32 bits per heavy atom. The van der Waals surface area contributed by atoms with Gasteiger partial charge in [-0.2, -0.15) is 5.10 Å². The summed E-state index contributed by atoms with van der Waals surface area (Å²) in [4.78, 5) is 24.2. The predicted molar refractivity (Wildman–Crippen MR) is 88.0 cm³/mol. The van der Waals surface area contributed by atoms with Crippen molar-refractivity contribution in [2.45, 2.75) is 6.54 Å². The summed E-state index contributed by atoms with van der Waals surface area (Å²) in [5, 5.41) is 7.37. The third-order valence-corrected chi connectivity index (χ3v) is 3.50. The van der Waals surface area contributed by atoms with Gasteiger partial charge < -0.3 is 5.32 Å². The van der Waals surface area contributed by atoms with Gasteiger partial charge in [0.15, 0.2) is 5.78 Å². The number of aromatic nitrogens is 2. The van der Waals surface area contributed by atoms with Crippen molar-refractivity contribution in [3.63, 3.8) is 0 Å². The molecule has 1 aromatic heterocycles. The lowest BCUT2D eigenvalue weighted by Gasteiger charge is -2.08. The van der Waals surface area contributed by atoms with Crippen LogP contribution in [0.1, 0.15) is 10.4 Å². The smallest absolute Gasteiger partial charge is 0.288 e. The van der Waals surface area contributed by atoms with Crippen LogP contribution in [0.3, 0.4) is 0 Å². The van der Waals surface area contributed by atoms with Crippen LogP contribution < -0.4 is 10.9 Å². The molecule has 0 spiro atoms. The molecule has 0 aliphatic heterocycles. The Morgan fingerprint density at radius 2 is 2.00 bits per heavy atom. The zero-order valence-corrected chi connectivity index (χ0v) is 13.1. The highest BCUT2D eigenvalue weighted by Crippen LogP contribution is 2.15. The molecule has 1 heterocycles. The van der Waals surface area contributed by atoms with E-state index < -0.39 is 5.56 Å². The van der Waals surface area contributed by atoms with Crippen LogP contribution in [0.25, 0.3) is 0 Å². The van der Waals surface area contributed by atoms with E-state index in [1.807, 2.05) is 0 Å². The molecule has 0 aliphatic carbocycles. The lowest BCUT2D eigenvalue weighted by Crippen LogP contribution is -2.27. The van der Waals surface area contributed by atoms with Gasteiger partial charge in [-0.25, -0.2) is 4.68 Å². The monoisotopic (exact) mass is 337 g/mol. The minimum absolute atomic E-state index is 0.0132. The number of anilines is 1. The second-order valence-corrected chi connectivity index (χ2v) is 5.25. The van der Waals surface area contributed by atoms with Gasteiger partial charge >= 0.3 is 0 Å². The summed E-state index contributed by atoms with van der Waals surface area (Å²) < 4.78 is 1.03. The molecule has 22 heavy (non-hydrogen) atoms. The maximum absolute atomic E-state index is 12.1. The van der Waals surface area contributed by atoms with Crippen molar-refractivity contribution in [3.8, 4) is 0 Å². The fourth-order valence-corrected chi connectivity index (χ4v) is 2.09. The Bertz CT molecular complexity index is 754. The summed E-state index contributed by atoms with van der Waals surface area (Å²) in [5.41, 5.74) is 0.322. The maximum Gasteiger partial charge on any atom is 0.288 e. The number of nitrogens with one attached hydrogen (secondary N) is 1. The van der Waals surface area contributed by atoms with Gasteiger partial charge in [0.2, 0.25) is 0 Å². The number of rotatable bonds is 6. The van der Waals surface area contributed by atoms with Gasteiger partial charge in [0, 0.05) is 17.1 Å². The zero-order valence-electron chi connectivity index (χ0n) is 11.6. The van der Waals surface area contributed by atoms with E-state index in [0.717, 1.165) is 4.68 Å². The SMILES string of the molecule is C=CCNc1cnn(CC(=O)c2ccc(Cl)cc2)c(=O)c1Cl. The van der Waals surface area contributed by atoms with Crippen LogP contribution in [0.15, 0.2) is 47.9 Å². The van der Waals surface area contributed by atoms with Crippen molar-refractivity contribution in [3.05, 3.63) is 69.1 Å². The molecule has 0 radical (unpaired) electrons. The van der Waals surface area contributed by atoms with Crippen molar-refractivity contribution in [2.24, 2.45) is 0 Å². The van der Waals surface area contributed by atoms with Crippen LogP contribution >= 0.6 is 23.2 Å². The summed E-state index contributed by atoms with van der Waals surface area (Å²) in [6.45, 7) is 3.82. The maximum atomic E-state index is 12.1. The zero-order chi connectivity index (χ0) is 16.1. The molecule has 0 saturated heterocycles. The van der Waals surface area contributed by atoms with E-state index in [9.17, 15) is 9.59 Å². The molecule has 0 fully saturated rings. The Morgan fingerprint density at radius 3 is 2.64 bits per heavy atom. The Hall–Kier alpha value is -2.11. The summed E-state index contributed by atoms with van der Waals surface area (Å²) in [6.07, 6.45) is 3.04. The van der Waals surface area contributed by atoms with Gasteiger partial charge in [-0.1, -0.05) is 29.3 Å². The van der Waals surface area contributed by atoms with Gasteiger partial charge in [0.1, 0.15) is 11.6 Å². The molecule has 2 aromatic rings. The summed E-state index contributed by atoms with van der Waals surface area (Å²) in [6, 6.07) is 6.41. The minimum atomic E-state index is -0.530. The van der Waals surface area contributed by atoms with Crippen LogP contribution in [0.4, 0.5) is 5.69 Å². The largest absolute Gasteiger partial charge is 0.379 e. The van der Waals surface area contributed by atoms with Crippen molar-refractivity contribution in [1.82, 2.24) is 9.78 Å². The van der Waals surface area contributed by atoms with Gasteiger partial charge in [0.05, 0.1) is 11.9 Å². The molecule has 114 valence electrons. The summed E-state index contributed by atoms with van der Waals surface area (Å²) in [7, 11) is 0. The number of ketones is 1. The van der Waals surface area contributed by atoms with Crippen LogP contribution in [-0.2, 0) is 6.54 Å². The Balaban J connectivity index is 2.21. The molecular weight excluding hydrogens is 325 g/mol. The highest BCUT2D eigenvalue weighted by atomic mass is 35.5. The number of Topliss-reactive ketones (excluding diaryl/α,β-unsaturated/α-hetero) is 1. The molecule has 1 N–H and O–H groups in total. The van der Waals surface area contributed by atoms with Crippen molar-refractivity contribution in [1.29, 1.82) is 0 Å². The quantitative estimate of drug-likeness (QED) is 0.650. The first-order valence-corrected chi connectivity index (χ1v) is 7.17. The fraction of sp³-hybridized carbons (Fsp3) is 0.133. The molecule has 0 amide bonds. The van der Waals surface area contributed by atoms with Crippen molar-refractivity contribution >= 4 is 34.7 Å². The van der Waals surface area contributed by atoms with E-state index in [-0.39, 0.29) is 17.4 Å². The van der Waals surface area contributed by atoms with Crippen molar-refractivity contribution in [2.75, 3.05) is 11.9 Å². The highest BCUT2D eigenvalue weighted by Gasteiger charge is 2.13. The van der Waals surface area contributed by atoms with Gasteiger partial charge in [-0.15, -0.1) is 6.58 Å². The average molecular weight is 338 g/mol. The molecule has 0 bridgehead atoms. The molecular formula is C15H13Cl2N3O2. The van der Waals surface area contributed by atoms with E-state index in [1.54, 1.807) is 30.3 Å². The van der Waals surface area contributed by atoms with Crippen LogP contribution in [0, 0.1) is 0 Å². The number of carbonyl (C=O) groups excluding carboxylic acids is 1. The van der Waals surface area contributed by atoms with Crippen LogP contribution in [0.2, 0.25) is 10.0 Å². The first-order chi connectivity index (χ1) is 10.5. The van der Waals surface area contributed by atoms with Gasteiger partial charge in [-0.05, 0) is 24.3 Å². The number of carbonyl (C=O) groups is 1. The van der Waals surface area contributed by atoms with E-state index in [2.05, 4.69) is 17.0 Å². The van der Waals surface area contributed by atoms with E-state index in [1.165, 1.54) is 6.20 Å². The predicted octanol–water partition coefficient (Wildman–Crippen LogP) is 3.03. The third kappa shape index (κ3) is 3.75. The number of hydrogen-bond donors (Lipinski definition) is 1. The first-order valence-electron chi connectivity index (χ1n) is 6.42. The van der Waals surface area contributed by atoms with Gasteiger partial charge in [0.25, 0.3) is 5.56 Å². The number of nitrogens with zero attached hydrogens (tertiary/aromatic N) is 2. The summed E-state index contributed by atoms with van der Waals surface area (Å²) >= 11 is 11.8. The van der Waals surface area contributed by atoms with Crippen LogP contribution in [-0.4, -0.2) is 22.1 Å². The fourth-order valence-electron chi connectivity index (χ4n) is 1.75. The van der Waals surface area contributed by atoms with E-state index in [0.29, 0.717) is 22.8 Å². The molecule has 0 saturated carbocycles. The molecule has 5 nitrogen and oxygen atoms in total. The second kappa shape index (κ2) is 7.24. The van der Waals surface area contributed by atoms with Crippen molar-refractivity contribution < 1.29 is 4.79 Å². The molecule has 0 aliphatic rings. The molecule has 0 unspecified atom stereocenters. The Kier molecular flexibility index (Phi) is 5.35. The third-order valence-electron chi connectivity index (χ3n) is 2.88. The van der Waals surface area contributed by atoms with E-state index in [4.69, 9.17) is 23.2 Å². The standard InChI is InChI=1S/C15H13Cl2N3O2/c1-2-7-18-12-8-19-20(15(22)14(12)17)9-13(21)10-3-5-11(16)6-4-10/h2-6,8,18H,1,7,9H2. The lowest BCUT2D eigenvalue weighted by atomic mass is 10.1. The average Bonchev–Trinajstić information content (AvgIpc) is 2.51. The topological polar surface area (TPSA) is 64.0 Å². The summed E-state index contributed by atoms with van der Waals surface area (Å²) in [5.74, 6) is -0.255. The number of hydrogen-bond acceptors (Lipinski definition) is 4. The molecule has 1 aromatic carbocycles. The highest BCUT2D eigenvalue weighted by molar-refractivity contribution is 6.33. The van der Waals surface area contributed by atoms with Crippen LogP contribution in [0.5, 0.6) is 0 Å². The minimum Gasteiger partial charge on any atom is -0.379 e. The Labute approximate surface area is 137 Å².